The van der Waals surface area contributed by atoms with E-state index in [2.05, 4.69) is 9.88 Å². The first-order valence-electron chi connectivity index (χ1n) is 6.74. The molecule has 1 saturated carbocycles. The van der Waals surface area contributed by atoms with Gasteiger partial charge < -0.3 is 9.64 Å². The molecule has 2 fully saturated rings. The molecule has 0 N–H and O–H groups in total. The molecule has 3 rings (SSSR count). The van der Waals surface area contributed by atoms with Crippen molar-refractivity contribution in [2.45, 2.75) is 37.8 Å². The van der Waals surface area contributed by atoms with Crippen LogP contribution in [0.15, 0.2) is 18.3 Å². The second-order valence-electron chi connectivity index (χ2n) is 5.09. The van der Waals surface area contributed by atoms with Gasteiger partial charge in [-0.25, -0.2) is 4.98 Å². The van der Waals surface area contributed by atoms with Gasteiger partial charge in [0.2, 0.25) is 0 Å². The first-order chi connectivity index (χ1) is 9.25. The molecule has 6 heteroatoms. The van der Waals surface area contributed by atoms with Crippen molar-refractivity contribution in [2.75, 3.05) is 18.1 Å². The third kappa shape index (κ3) is 2.40. The van der Waals surface area contributed by atoms with Gasteiger partial charge in [-0.1, -0.05) is 12.8 Å². The zero-order chi connectivity index (χ0) is 13.2. The Morgan fingerprint density at radius 1 is 1.37 bits per heavy atom. The van der Waals surface area contributed by atoms with E-state index in [1.807, 2.05) is 0 Å². The third-order valence-corrected chi connectivity index (χ3v) is 3.97. The molecule has 2 atom stereocenters. The number of nitrogens with zero attached hydrogens (tertiary/aromatic N) is 3. The van der Waals surface area contributed by atoms with E-state index in [1.54, 1.807) is 6.07 Å². The molecule has 0 bridgehead atoms. The third-order valence-electron chi connectivity index (χ3n) is 3.97. The molecule has 0 amide bonds. The minimum atomic E-state index is -0.417. The van der Waals surface area contributed by atoms with Crippen LogP contribution in [0.2, 0.25) is 0 Å². The van der Waals surface area contributed by atoms with Gasteiger partial charge >= 0.3 is 0 Å². The number of hydrogen-bond donors (Lipinski definition) is 0. The van der Waals surface area contributed by atoms with E-state index < -0.39 is 4.92 Å². The number of ether oxygens (including phenoxy) is 1. The van der Waals surface area contributed by atoms with Crippen LogP contribution in [0.25, 0.3) is 0 Å². The molecule has 0 unspecified atom stereocenters. The smallest absolute Gasteiger partial charge is 0.287 e. The fourth-order valence-corrected chi connectivity index (χ4v) is 3.04. The molecule has 1 saturated heterocycles. The zero-order valence-corrected chi connectivity index (χ0v) is 10.7. The lowest BCUT2D eigenvalue weighted by Crippen LogP contribution is -2.53. The Labute approximate surface area is 111 Å². The SMILES string of the molecule is O=[N+]([O-])c1ccc(N2CCO[C@H]3CCCC[C@H]32)nc1. The summed E-state index contributed by atoms with van der Waals surface area (Å²) in [5, 5.41) is 10.6. The average Bonchev–Trinajstić information content (AvgIpc) is 2.47. The summed E-state index contributed by atoms with van der Waals surface area (Å²) < 4.78 is 5.82. The summed E-state index contributed by atoms with van der Waals surface area (Å²) in [6, 6.07) is 3.64. The van der Waals surface area contributed by atoms with Gasteiger partial charge in [-0.2, -0.15) is 0 Å². The molecule has 19 heavy (non-hydrogen) atoms. The maximum absolute atomic E-state index is 10.6. The van der Waals surface area contributed by atoms with Gasteiger partial charge in [-0.3, -0.25) is 10.1 Å². The highest BCUT2D eigenvalue weighted by Gasteiger charge is 2.34. The minimum absolute atomic E-state index is 0.0391. The Morgan fingerprint density at radius 3 is 2.95 bits per heavy atom. The second-order valence-corrected chi connectivity index (χ2v) is 5.09. The van der Waals surface area contributed by atoms with Crippen molar-refractivity contribution in [1.29, 1.82) is 0 Å². The van der Waals surface area contributed by atoms with Crippen LogP contribution in [0.4, 0.5) is 11.5 Å². The number of fused-ring (bicyclic) bond motifs is 1. The summed E-state index contributed by atoms with van der Waals surface area (Å²) in [7, 11) is 0. The summed E-state index contributed by atoms with van der Waals surface area (Å²) in [6.07, 6.45) is 6.29. The summed E-state index contributed by atoms with van der Waals surface area (Å²) >= 11 is 0. The van der Waals surface area contributed by atoms with Gasteiger partial charge in [0.1, 0.15) is 12.0 Å². The number of pyridine rings is 1. The number of nitro groups is 1. The lowest BCUT2D eigenvalue weighted by atomic mass is 9.90. The van der Waals surface area contributed by atoms with Crippen LogP contribution in [0.5, 0.6) is 0 Å². The van der Waals surface area contributed by atoms with Crippen molar-refractivity contribution >= 4 is 11.5 Å². The van der Waals surface area contributed by atoms with E-state index in [-0.39, 0.29) is 5.69 Å². The summed E-state index contributed by atoms with van der Waals surface area (Å²) in [4.78, 5) is 16.7. The summed E-state index contributed by atoms with van der Waals surface area (Å²) in [6.45, 7) is 1.52. The highest BCUT2D eigenvalue weighted by molar-refractivity contribution is 5.44. The van der Waals surface area contributed by atoms with Crippen molar-refractivity contribution < 1.29 is 9.66 Å². The number of rotatable bonds is 2. The summed E-state index contributed by atoms with van der Waals surface area (Å²) in [5.74, 6) is 0.825. The van der Waals surface area contributed by atoms with Gasteiger partial charge in [0, 0.05) is 12.6 Å². The monoisotopic (exact) mass is 263 g/mol. The van der Waals surface area contributed by atoms with E-state index in [0.717, 1.165) is 25.2 Å². The molecule has 1 aromatic rings. The van der Waals surface area contributed by atoms with Crippen LogP contribution < -0.4 is 4.90 Å². The fraction of sp³-hybridized carbons (Fsp3) is 0.615. The highest BCUT2D eigenvalue weighted by atomic mass is 16.6. The van der Waals surface area contributed by atoms with Gasteiger partial charge in [0.25, 0.3) is 5.69 Å². The molecule has 2 heterocycles. The molecule has 1 aliphatic heterocycles. The van der Waals surface area contributed by atoms with Gasteiger partial charge in [-0.05, 0) is 18.9 Å². The van der Waals surface area contributed by atoms with Crippen molar-refractivity contribution in [2.24, 2.45) is 0 Å². The molecule has 2 aliphatic rings. The average molecular weight is 263 g/mol. The van der Waals surface area contributed by atoms with Crippen molar-refractivity contribution in [3.8, 4) is 0 Å². The van der Waals surface area contributed by atoms with E-state index in [0.29, 0.717) is 18.8 Å². The molecule has 1 aromatic heterocycles. The van der Waals surface area contributed by atoms with E-state index in [4.69, 9.17) is 4.74 Å². The standard InChI is InChI=1S/C13H17N3O3/c17-16(18)10-5-6-13(14-9-10)15-7-8-19-12-4-2-1-3-11(12)15/h5-6,9,11-12H,1-4,7-8H2/t11-,12+/m1/s1. The Morgan fingerprint density at radius 2 is 2.21 bits per heavy atom. The first kappa shape index (κ1) is 12.3. The van der Waals surface area contributed by atoms with Crippen LogP contribution in [-0.2, 0) is 4.74 Å². The van der Waals surface area contributed by atoms with Crippen LogP contribution in [0.1, 0.15) is 25.7 Å². The molecule has 0 spiro atoms. The number of aromatic nitrogens is 1. The Kier molecular flexibility index (Phi) is 3.33. The molecule has 0 radical (unpaired) electrons. The van der Waals surface area contributed by atoms with E-state index in [1.165, 1.54) is 25.1 Å². The van der Waals surface area contributed by atoms with Crippen LogP contribution in [0, 0.1) is 10.1 Å². The van der Waals surface area contributed by atoms with Gasteiger partial charge in [0.05, 0.1) is 23.7 Å². The second kappa shape index (κ2) is 5.13. The fourth-order valence-electron chi connectivity index (χ4n) is 3.04. The maximum atomic E-state index is 10.6. The van der Waals surface area contributed by atoms with Crippen LogP contribution >= 0.6 is 0 Å². The summed E-state index contributed by atoms with van der Waals surface area (Å²) in [5.41, 5.74) is 0.0391. The number of morpholine rings is 1. The predicted molar refractivity (Wildman–Crippen MR) is 70.2 cm³/mol. The lowest BCUT2D eigenvalue weighted by molar-refractivity contribution is -0.385. The van der Waals surface area contributed by atoms with E-state index in [9.17, 15) is 10.1 Å². The Hall–Kier alpha value is -1.69. The Bertz CT molecular complexity index is 461. The van der Waals surface area contributed by atoms with Crippen molar-refractivity contribution in [3.63, 3.8) is 0 Å². The molecular formula is C13H17N3O3. The van der Waals surface area contributed by atoms with E-state index >= 15 is 0 Å². The van der Waals surface area contributed by atoms with Crippen LogP contribution in [0.3, 0.4) is 0 Å². The zero-order valence-electron chi connectivity index (χ0n) is 10.7. The molecule has 6 nitrogen and oxygen atoms in total. The molecule has 1 aliphatic carbocycles. The van der Waals surface area contributed by atoms with Gasteiger partial charge in [0.15, 0.2) is 0 Å². The van der Waals surface area contributed by atoms with Crippen molar-refractivity contribution in [3.05, 3.63) is 28.4 Å². The molecule has 0 aromatic carbocycles. The Balaban J connectivity index is 1.81. The number of hydrogen-bond acceptors (Lipinski definition) is 5. The minimum Gasteiger partial charge on any atom is -0.374 e. The topological polar surface area (TPSA) is 68.5 Å². The lowest BCUT2D eigenvalue weighted by Gasteiger charge is -2.44. The molecular weight excluding hydrogens is 246 g/mol. The molecule has 102 valence electrons. The highest BCUT2D eigenvalue weighted by Crippen LogP contribution is 2.31. The normalized spacial score (nSPS) is 26.8. The maximum Gasteiger partial charge on any atom is 0.287 e. The predicted octanol–water partition coefficient (Wildman–Crippen LogP) is 2.14. The quantitative estimate of drug-likeness (QED) is 0.604. The first-order valence-corrected chi connectivity index (χ1v) is 6.74. The van der Waals surface area contributed by atoms with Gasteiger partial charge in [-0.15, -0.1) is 0 Å². The van der Waals surface area contributed by atoms with Crippen molar-refractivity contribution in [1.82, 2.24) is 4.98 Å². The van der Waals surface area contributed by atoms with Crippen LogP contribution in [-0.4, -0.2) is 35.2 Å². The largest absolute Gasteiger partial charge is 0.374 e. The number of anilines is 1.